The molecule has 24 heavy (non-hydrogen) atoms. The second kappa shape index (κ2) is 7.40. The fraction of sp³-hybridized carbons (Fsp3) is 0.294. The number of carbonyl (C=O) groups is 1. The van der Waals surface area contributed by atoms with Crippen molar-refractivity contribution in [1.82, 2.24) is 20.6 Å². The van der Waals surface area contributed by atoms with Crippen molar-refractivity contribution in [2.45, 2.75) is 26.4 Å². The Labute approximate surface area is 145 Å². The zero-order chi connectivity index (χ0) is 16.9. The van der Waals surface area contributed by atoms with E-state index >= 15 is 0 Å². The Bertz CT molecular complexity index is 790. The van der Waals surface area contributed by atoms with Crippen molar-refractivity contribution in [3.63, 3.8) is 0 Å². The molecule has 0 fully saturated rings. The van der Waals surface area contributed by atoms with Crippen LogP contribution in [0, 0.1) is 0 Å². The molecule has 3 heterocycles. The highest BCUT2D eigenvalue weighted by atomic mass is 35.5. The van der Waals surface area contributed by atoms with Gasteiger partial charge in [0.2, 0.25) is 5.91 Å². The molecule has 7 heteroatoms. The second-order valence-electron chi connectivity index (χ2n) is 5.41. The molecule has 124 valence electrons. The standard InChI is InChI=1S/C17H18ClN5O/c1-2-19-17-13-9-21-12(6-11(13)8-23-17)7-16(24)22-10-15-14(18)4-3-5-20-15/h3-6,9H,2,7-8,10H2,1H3,(H,19,23)(H,22,24). The van der Waals surface area contributed by atoms with Crippen LogP contribution in [0.1, 0.15) is 29.4 Å². The largest absolute Gasteiger partial charge is 0.370 e. The Morgan fingerprint density at radius 1 is 1.38 bits per heavy atom. The fourth-order valence-electron chi connectivity index (χ4n) is 2.51. The molecule has 0 unspecified atom stereocenters. The van der Waals surface area contributed by atoms with Crippen LogP contribution in [0.15, 0.2) is 35.6 Å². The molecule has 0 atom stereocenters. The maximum atomic E-state index is 12.1. The van der Waals surface area contributed by atoms with Crippen LogP contribution in [0.25, 0.3) is 0 Å². The first kappa shape index (κ1) is 16.4. The van der Waals surface area contributed by atoms with Crippen LogP contribution in [-0.4, -0.2) is 28.3 Å². The average molecular weight is 344 g/mol. The summed E-state index contributed by atoms with van der Waals surface area (Å²) in [4.78, 5) is 25.1. The summed E-state index contributed by atoms with van der Waals surface area (Å²) < 4.78 is 0. The van der Waals surface area contributed by atoms with Gasteiger partial charge in [-0.15, -0.1) is 0 Å². The van der Waals surface area contributed by atoms with Crippen LogP contribution < -0.4 is 10.6 Å². The lowest BCUT2D eigenvalue weighted by atomic mass is 10.1. The van der Waals surface area contributed by atoms with Crippen molar-refractivity contribution in [2.75, 3.05) is 6.54 Å². The smallest absolute Gasteiger partial charge is 0.226 e. The van der Waals surface area contributed by atoms with Crippen molar-refractivity contribution in [2.24, 2.45) is 4.99 Å². The molecule has 0 saturated carbocycles. The van der Waals surface area contributed by atoms with Crippen LogP contribution in [-0.2, 0) is 24.3 Å². The molecule has 0 spiro atoms. The number of aliphatic imine (C=N–C) groups is 1. The highest BCUT2D eigenvalue weighted by Crippen LogP contribution is 2.18. The van der Waals surface area contributed by atoms with Gasteiger partial charge in [0.25, 0.3) is 0 Å². The average Bonchev–Trinajstić information content (AvgIpc) is 2.97. The number of nitrogens with one attached hydrogen (secondary N) is 2. The Balaban J connectivity index is 1.59. The maximum Gasteiger partial charge on any atom is 0.226 e. The topological polar surface area (TPSA) is 79.3 Å². The Hall–Kier alpha value is -2.47. The van der Waals surface area contributed by atoms with E-state index in [1.54, 1.807) is 24.5 Å². The number of nitrogens with zero attached hydrogens (tertiary/aromatic N) is 3. The number of fused-ring (bicyclic) bond motifs is 1. The van der Waals surface area contributed by atoms with Crippen LogP contribution in [0.4, 0.5) is 0 Å². The maximum absolute atomic E-state index is 12.1. The van der Waals surface area contributed by atoms with Gasteiger partial charge in [0.1, 0.15) is 5.84 Å². The van der Waals surface area contributed by atoms with Gasteiger partial charge in [-0.05, 0) is 30.7 Å². The normalized spacial score (nSPS) is 12.5. The van der Waals surface area contributed by atoms with Gasteiger partial charge in [-0.2, -0.15) is 0 Å². The molecule has 2 aromatic rings. The molecule has 1 aliphatic rings. The lowest BCUT2D eigenvalue weighted by Crippen LogP contribution is -2.26. The molecule has 6 nitrogen and oxygen atoms in total. The summed E-state index contributed by atoms with van der Waals surface area (Å²) in [7, 11) is 0. The molecule has 0 radical (unpaired) electrons. The van der Waals surface area contributed by atoms with E-state index in [0.717, 1.165) is 29.2 Å². The van der Waals surface area contributed by atoms with Crippen LogP contribution in [0.2, 0.25) is 5.02 Å². The number of amides is 1. The van der Waals surface area contributed by atoms with Gasteiger partial charge in [0.15, 0.2) is 0 Å². The van der Waals surface area contributed by atoms with Crippen molar-refractivity contribution >= 4 is 23.3 Å². The van der Waals surface area contributed by atoms with Crippen LogP contribution in [0.5, 0.6) is 0 Å². The van der Waals surface area contributed by atoms with Gasteiger partial charge in [-0.25, -0.2) is 0 Å². The van der Waals surface area contributed by atoms with Crippen LogP contribution >= 0.6 is 11.6 Å². The number of hydrogen-bond acceptors (Lipinski definition) is 5. The SMILES string of the molecule is CCNC1=NCc2cc(CC(=O)NCc3ncccc3Cl)ncc21. The van der Waals surface area contributed by atoms with E-state index in [0.29, 0.717) is 23.8 Å². The molecule has 3 rings (SSSR count). The minimum Gasteiger partial charge on any atom is -0.370 e. The quantitative estimate of drug-likeness (QED) is 0.868. The van der Waals surface area contributed by atoms with Crippen molar-refractivity contribution in [3.8, 4) is 0 Å². The van der Waals surface area contributed by atoms with E-state index in [-0.39, 0.29) is 12.3 Å². The van der Waals surface area contributed by atoms with E-state index in [1.807, 2.05) is 13.0 Å². The predicted molar refractivity (Wildman–Crippen MR) is 93.0 cm³/mol. The molecule has 1 amide bonds. The summed E-state index contributed by atoms with van der Waals surface area (Å²) in [5, 5.41) is 6.58. The molecule has 0 aliphatic carbocycles. The minimum absolute atomic E-state index is 0.116. The molecule has 0 saturated heterocycles. The minimum atomic E-state index is -0.116. The van der Waals surface area contributed by atoms with Crippen molar-refractivity contribution in [3.05, 3.63) is 58.1 Å². The summed E-state index contributed by atoms with van der Waals surface area (Å²) in [5.41, 5.74) is 3.49. The van der Waals surface area contributed by atoms with Crippen LogP contribution in [0.3, 0.4) is 0 Å². The number of aromatic nitrogens is 2. The first-order valence-electron chi connectivity index (χ1n) is 7.80. The number of halogens is 1. The van der Waals surface area contributed by atoms with Gasteiger partial charge >= 0.3 is 0 Å². The lowest BCUT2D eigenvalue weighted by Gasteiger charge is -2.08. The molecule has 1 aliphatic heterocycles. The van der Waals surface area contributed by atoms with Gasteiger partial charge in [-0.1, -0.05) is 11.6 Å². The van der Waals surface area contributed by atoms with Gasteiger partial charge < -0.3 is 10.6 Å². The van der Waals surface area contributed by atoms with E-state index < -0.39 is 0 Å². The highest BCUT2D eigenvalue weighted by molar-refractivity contribution is 6.31. The van der Waals surface area contributed by atoms with Gasteiger partial charge in [-0.3, -0.25) is 19.8 Å². The number of rotatable bonds is 5. The van der Waals surface area contributed by atoms with E-state index in [2.05, 4.69) is 25.6 Å². The zero-order valence-corrected chi connectivity index (χ0v) is 14.1. The summed E-state index contributed by atoms with van der Waals surface area (Å²) in [5.74, 6) is 0.760. The van der Waals surface area contributed by atoms with E-state index in [4.69, 9.17) is 11.6 Å². The zero-order valence-electron chi connectivity index (χ0n) is 13.3. The molecule has 2 aromatic heterocycles. The number of hydrogen-bond donors (Lipinski definition) is 2. The second-order valence-corrected chi connectivity index (χ2v) is 5.82. The predicted octanol–water partition coefficient (Wildman–Crippen LogP) is 1.86. The third kappa shape index (κ3) is 3.71. The Kier molecular flexibility index (Phi) is 5.05. The third-order valence-corrected chi connectivity index (χ3v) is 4.03. The van der Waals surface area contributed by atoms with Gasteiger partial charge in [0, 0.05) is 24.5 Å². The summed E-state index contributed by atoms with van der Waals surface area (Å²) >= 11 is 6.03. The molecule has 0 aromatic carbocycles. The number of pyridine rings is 2. The molecule has 2 N–H and O–H groups in total. The first-order valence-corrected chi connectivity index (χ1v) is 8.17. The Morgan fingerprint density at radius 2 is 2.25 bits per heavy atom. The Morgan fingerprint density at radius 3 is 3.04 bits per heavy atom. The third-order valence-electron chi connectivity index (χ3n) is 3.68. The highest BCUT2D eigenvalue weighted by Gasteiger charge is 2.17. The number of amidine groups is 1. The summed E-state index contributed by atoms with van der Waals surface area (Å²) in [6.45, 7) is 3.77. The monoisotopic (exact) mass is 343 g/mol. The molecular formula is C17H18ClN5O. The lowest BCUT2D eigenvalue weighted by molar-refractivity contribution is -0.120. The van der Waals surface area contributed by atoms with Crippen molar-refractivity contribution in [1.29, 1.82) is 0 Å². The summed E-state index contributed by atoms with van der Waals surface area (Å²) in [6, 6.07) is 5.45. The van der Waals surface area contributed by atoms with E-state index in [9.17, 15) is 4.79 Å². The number of carbonyl (C=O) groups excluding carboxylic acids is 1. The summed E-state index contributed by atoms with van der Waals surface area (Å²) in [6.07, 6.45) is 3.65. The van der Waals surface area contributed by atoms with Crippen molar-refractivity contribution < 1.29 is 4.79 Å². The van der Waals surface area contributed by atoms with E-state index in [1.165, 1.54) is 0 Å². The first-order chi connectivity index (χ1) is 11.7. The molecular weight excluding hydrogens is 326 g/mol. The van der Waals surface area contributed by atoms with Gasteiger partial charge in [0.05, 0.1) is 35.9 Å². The fourth-order valence-corrected chi connectivity index (χ4v) is 2.70. The molecule has 0 bridgehead atoms.